The van der Waals surface area contributed by atoms with Gasteiger partial charge in [-0.1, -0.05) is 63.2 Å². The van der Waals surface area contributed by atoms with Crippen LogP contribution in [0.15, 0.2) is 109 Å². The molecule has 0 spiro atoms. The van der Waals surface area contributed by atoms with Gasteiger partial charge in [-0.25, -0.2) is 0 Å². The molecule has 0 saturated heterocycles. The van der Waals surface area contributed by atoms with Gasteiger partial charge in [-0.2, -0.15) is 0 Å². The fraction of sp³-hybridized carbons (Fsp3) is 0.152. The zero-order valence-electron chi connectivity index (χ0n) is 24.8. The number of hydrogen-bond acceptors (Lipinski definition) is 2. The number of pyridine rings is 2. The first-order chi connectivity index (χ1) is 19.0. The molecule has 0 amide bonds. The molecular weight excluding hydrogens is 636 g/mol. The van der Waals surface area contributed by atoms with Crippen LogP contribution in [0, 0.1) is 23.4 Å². The Morgan fingerprint density at radius 3 is 2.16 bits per heavy atom. The second kappa shape index (κ2) is 13.2. The molecule has 5 aromatic rings. The van der Waals surface area contributed by atoms with E-state index in [2.05, 4.69) is 22.1 Å². The molecule has 0 aliphatic carbocycles. The number of halogens is 1. The number of nitrogens with zero attached hydrogens (tertiary/aromatic N) is 2. The smallest absolute Gasteiger partial charge is 0.0629 e. The van der Waals surface area contributed by atoms with E-state index in [1.54, 1.807) is 24.5 Å². The Morgan fingerprint density at radius 1 is 0.811 bits per heavy atom. The molecule has 0 aliphatic heterocycles. The molecule has 0 atom stereocenters. The Morgan fingerprint density at radius 2 is 1.54 bits per heavy atom. The Bertz CT molecular complexity index is 1550. The predicted molar refractivity (Wildman–Crippen MR) is 146 cm³/mol. The quantitative estimate of drug-likeness (QED) is 0.180. The Kier molecular flexibility index (Phi) is 8.10. The van der Waals surface area contributed by atoms with Crippen molar-refractivity contribution in [1.29, 1.82) is 0 Å². The maximum absolute atomic E-state index is 12.6. The van der Waals surface area contributed by atoms with Crippen LogP contribution in [-0.2, 0) is 26.5 Å². The van der Waals surface area contributed by atoms with Crippen molar-refractivity contribution in [1.82, 2.24) is 9.97 Å². The van der Waals surface area contributed by atoms with Crippen molar-refractivity contribution >= 4 is 0 Å². The van der Waals surface area contributed by atoms with Gasteiger partial charge >= 0.3 is 0 Å². The van der Waals surface area contributed by atoms with E-state index in [4.69, 9.17) is 5.48 Å². The summed E-state index contributed by atoms with van der Waals surface area (Å²) in [5.74, 6) is -0.278. The standard InChI is InChI=1S/C22H22N.C11H7FN.Ir/c1-22(2,3)16-17-9-11-18(12-10-17)20-13-14-23-21(15-20)19-7-5-4-6-8-19;12-10-6-4-9(5-7-10)11-3-1-2-8-13-11;/h4-7,9-15H,16H2,1-3H3;1-4,6-8H;/q2*-1;/i11D,12D,16D2;;. The molecule has 0 aliphatic rings. The third-order valence-electron chi connectivity index (χ3n) is 5.01. The van der Waals surface area contributed by atoms with Gasteiger partial charge in [0.15, 0.2) is 0 Å². The zero-order valence-corrected chi connectivity index (χ0v) is 23.2. The normalized spacial score (nSPS) is 12.5. The first-order valence-electron chi connectivity index (χ1n) is 13.6. The van der Waals surface area contributed by atoms with Crippen LogP contribution in [0.25, 0.3) is 33.6 Å². The van der Waals surface area contributed by atoms with E-state index >= 15 is 0 Å². The molecule has 37 heavy (non-hydrogen) atoms. The van der Waals surface area contributed by atoms with E-state index in [1.165, 1.54) is 24.3 Å². The minimum Gasteiger partial charge on any atom is -0.305 e. The van der Waals surface area contributed by atoms with Crippen LogP contribution in [0.2, 0.25) is 0 Å². The summed E-state index contributed by atoms with van der Waals surface area (Å²) in [5.41, 5.74) is 4.10. The van der Waals surface area contributed by atoms with Crippen molar-refractivity contribution in [3.8, 4) is 33.6 Å². The van der Waals surface area contributed by atoms with Gasteiger partial charge in [-0.05, 0) is 52.0 Å². The van der Waals surface area contributed by atoms with Crippen LogP contribution < -0.4 is 0 Å². The molecule has 189 valence electrons. The van der Waals surface area contributed by atoms with Crippen molar-refractivity contribution < 1.29 is 30.0 Å². The van der Waals surface area contributed by atoms with E-state index < -0.39 is 11.8 Å². The summed E-state index contributed by atoms with van der Waals surface area (Å²) in [7, 11) is 0. The zero-order chi connectivity index (χ0) is 28.9. The maximum atomic E-state index is 12.6. The van der Waals surface area contributed by atoms with Crippen molar-refractivity contribution in [3.05, 3.63) is 133 Å². The van der Waals surface area contributed by atoms with Crippen LogP contribution in [-0.4, -0.2) is 9.97 Å². The number of rotatable bonds is 4. The van der Waals surface area contributed by atoms with Gasteiger partial charge in [0.2, 0.25) is 0 Å². The number of aromatic nitrogens is 2. The molecule has 2 nitrogen and oxygen atoms in total. The maximum Gasteiger partial charge on any atom is 0.0629 e. The fourth-order valence-electron chi connectivity index (χ4n) is 3.43. The topological polar surface area (TPSA) is 25.8 Å². The van der Waals surface area contributed by atoms with E-state index in [0.29, 0.717) is 11.1 Å². The van der Waals surface area contributed by atoms with Crippen molar-refractivity contribution in [2.45, 2.75) is 27.1 Å². The van der Waals surface area contributed by atoms with Gasteiger partial charge in [-0.15, -0.1) is 65.7 Å². The monoisotopic (exact) mass is 669 g/mol. The minimum absolute atomic E-state index is 0. The van der Waals surface area contributed by atoms with E-state index in [1.807, 2.05) is 69.3 Å². The van der Waals surface area contributed by atoms with E-state index in [0.717, 1.165) is 28.1 Å². The van der Waals surface area contributed by atoms with Crippen molar-refractivity contribution in [2.75, 3.05) is 0 Å². The average molecular weight is 669 g/mol. The minimum atomic E-state index is -1.64. The van der Waals surface area contributed by atoms with Gasteiger partial charge in [0.1, 0.15) is 0 Å². The molecule has 4 heteroatoms. The fourth-order valence-corrected chi connectivity index (χ4v) is 3.43. The number of hydrogen-bond donors (Lipinski definition) is 0. The van der Waals surface area contributed by atoms with Crippen LogP contribution in [0.4, 0.5) is 4.39 Å². The molecule has 2 heterocycles. The third-order valence-corrected chi connectivity index (χ3v) is 5.01. The summed E-state index contributed by atoms with van der Waals surface area (Å²) in [5, 5.41) is 0. The van der Waals surface area contributed by atoms with Gasteiger partial charge in [0, 0.05) is 41.1 Å². The molecule has 5 rings (SSSR count). The first-order valence-corrected chi connectivity index (χ1v) is 11.6. The third kappa shape index (κ3) is 8.56. The first kappa shape index (κ1) is 22.7. The molecule has 1 radical (unpaired) electrons. The van der Waals surface area contributed by atoms with Crippen molar-refractivity contribution in [3.63, 3.8) is 0 Å². The second-order valence-electron chi connectivity index (χ2n) is 9.12. The molecule has 0 N–H and O–H groups in total. The van der Waals surface area contributed by atoms with Gasteiger partial charge in [0.25, 0.3) is 0 Å². The predicted octanol–water partition coefficient (Wildman–Crippen LogP) is 8.49. The van der Waals surface area contributed by atoms with Crippen LogP contribution in [0.5, 0.6) is 0 Å². The SMILES string of the molecule is Fc1c[c-]c(-c2ccccn2)cc1.[2H]c1cc(C([2H])([2H])C(C)(C)C)cc([2H])c1-c1ccnc(-c2[c-]cccc2)c1.[Ir]. The molecule has 2 aromatic heterocycles. The molecule has 3 aromatic carbocycles. The summed E-state index contributed by atoms with van der Waals surface area (Å²) < 4.78 is 46.3. The van der Waals surface area contributed by atoms with Crippen LogP contribution in [0.3, 0.4) is 0 Å². The van der Waals surface area contributed by atoms with Crippen molar-refractivity contribution in [2.24, 2.45) is 5.41 Å². The van der Waals surface area contributed by atoms with E-state index in [-0.39, 0.29) is 38.0 Å². The Balaban J connectivity index is 0.000000276. The summed E-state index contributed by atoms with van der Waals surface area (Å²) in [6.07, 6.45) is 1.72. The summed E-state index contributed by atoms with van der Waals surface area (Å²) in [4.78, 5) is 8.49. The summed E-state index contributed by atoms with van der Waals surface area (Å²) in [6.45, 7) is 5.46. The largest absolute Gasteiger partial charge is 0.305 e. The molecule has 0 saturated carbocycles. The van der Waals surface area contributed by atoms with E-state index in [9.17, 15) is 4.39 Å². The van der Waals surface area contributed by atoms with Crippen LogP contribution >= 0.6 is 0 Å². The molecule has 0 fully saturated rings. The van der Waals surface area contributed by atoms with Gasteiger partial charge < -0.3 is 9.97 Å². The molecular formula is C33H29FIrN2-2. The summed E-state index contributed by atoms with van der Waals surface area (Å²) >= 11 is 0. The average Bonchev–Trinajstić information content (AvgIpc) is 2.94. The van der Waals surface area contributed by atoms with Gasteiger partial charge in [-0.3, -0.25) is 4.39 Å². The molecule has 0 unspecified atom stereocenters. The van der Waals surface area contributed by atoms with Crippen LogP contribution in [0.1, 0.15) is 31.8 Å². The Hall–Kier alpha value is -3.46. The number of benzene rings is 3. The Labute approximate surface area is 238 Å². The van der Waals surface area contributed by atoms with Gasteiger partial charge in [0.05, 0.1) is 2.74 Å². The molecule has 0 bridgehead atoms. The second-order valence-corrected chi connectivity index (χ2v) is 9.12. The summed E-state index contributed by atoms with van der Waals surface area (Å²) in [6, 6.07) is 30.4.